The highest BCUT2D eigenvalue weighted by Gasteiger charge is 2.12. The van der Waals surface area contributed by atoms with E-state index in [4.69, 9.17) is 14.7 Å². The van der Waals surface area contributed by atoms with Crippen LogP contribution in [0.25, 0.3) is 22.3 Å². The number of thiophene rings is 1. The van der Waals surface area contributed by atoms with Gasteiger partial charge in [0.2, 0.25) is 5.88 Å². The van der Waals surface area contributed by atoms with Crippen LogP contribution in [-0.4, -0.2) is 16.6 Å². The highest BCUT2D eigenvalue weighted by Crippen LogP contribution is 2.30. The summed E-state index contributed by atoms with van der Waals surface area (Å²) in [4.78, 5) is 9.51. The molecule has 0 atom stereocenters. The monoisotopic (exact) mass is 382 g/mol. The van der Waals surface area contributed by atoms with Gasteiger partial charge in [-0.3, -0.25) is 0 Å². The molecule has 0 N–H and O–H groups in total. The molecular formula is C23H30N2OS. The van der Waals surface area contributed by atoms with E-state index in [1.165, 1.54) is 51.4 Å². The zero-order valence-corrected chi connectivity index (χ0v) is 17.1. The van der Waals surface area contributed by atoms with E-state index in [9.17, 15) is 0 Å². The van der Waals surface area contributed by atoms with Gasteiger partial charge in [-0.1, -0.05) is 88.6 Å². The number of aromatic nitrogens is 2. The van der Waals surface area contributed by atoms with Gasteiger partial charge < -0.3 is 4.74 Å². The summed E-state index contributed by atoms with van der Waals surface area (Å²) in [6.45, 7) is 2.98. The Kier molecular flexibility index (Phi) is 8.09. The van der Waals surface area contributed by atoms with Crippen molar-refractivity contribution in [2.45, 2.75) is 64.7 Å². The summed E-state index contributed by atoms with van der Waals surface area (Å²) in [5, 5.41) is 4.07. The first kappa shape index (κ1) is 19.8. The van der Waals surface area contributed by atoms with Crippen molar-refractivity contribution in [2.24, 2.45) is 0 Å². The molecule has 4 heteroatoms. The summed E-state index contributed by atoms with van der Waals surface area (Å²) >= 11 is 1.63. The fourth-order valence-corrected chi connectivity index (χ4v) is 3.92. The molecule has 144 valence electrons. The lowest BCUT2D eigenvalue weighted by Gasteiger charge is -2.10. The number of hydrogen-bond donors (Lipinski definition) is 0. The van der Waals surface area contributed by atoms with Crippen LogP contribution in [0.4, 0.5) is 0 Å². The van der Waals surface area contributed by atoms with Crippen molar-refractivity contribution >= 4 is 22.4 Å². The fourth-order valence-electron chi connectivity index (χ4n) is 3.25. The maximum Gasteiger partial charge on any atom is 0.241 e. The van der Waals surface area contributed by atoms with Crippen molar-refractivity contribution < 1.29 is 4.74 Å². The summed E-state index contributed by atoms with van der Waals surface area (Å²) in [5.74, 6) is 0.659. The van der Waals surface area contributed by atoms with Gasteiger partial charge in [-0.2, -0.15) is 0 Å². The van der Waals surface area contributed by atoms with Crippen LogP contribution in [0.3, 0.4) is 0 Å². The van der Waals surface area contributed by atoms with E-state index in [1.54, 1.807) is 11.3 Å². The second-order valence-electron chi connectivity index (χ2n) is 7.06. The number of nitrogens with zero attached hydrogens (tertiary/aromatic N) is 2. The molecule has 0 aliphatic heterocycles. The van der Waals surface area contributed by atoms with Crippen LogP contribution in [-0.2, 0) is 0 Å². The number of rotatable bonds is 12. The van der Waals surface area contributed by atoms with E-state index in [-0.39, 0.29) is 0 Å². The number of unbranched alkanes of at least 4 members (excludes halogenated alkanes) is 8. The molecule has 0 saturated carbocycles. The van der Waals surface area contributed by atoms with Gasteiger partial charge in [-0.05, 0) is 6.42 Å². The summed E-state index contributed by atoms with van der Waals surface area (Å²) in [6, 6.07) is 10.2. The highest BCUT2D eigenvalue weighted by molar-refractivity contribution is 7.09. The molecule has 3 nitrogen and oxygen atoms in total. The Morgan fingerprint density at radius 2 is 1.41 bits per heavy atom. The SMILES string of the molecule is CCCCCCCCCCCOc1nc2cscc2nc1-c1ccccc1. The van der Waals surface area contributed by atoms with E-state index in [0.29, 0.717) is 12.5 Å². The van der Waals surface area contributed by atoms with E-state index in [1.807, 2.05) is 29.0 Å². The van der Waals surface area contributed by atoms with Gasteiger partial charge in [0.05, 0.1) is 6.61 Å². The summed E-state index contributed by atoms with van der Waals surface area (Å²) in [6.07, 6.45) is 11.8. The average Bonchev–Trinajstić information content (AvgIpc) is 3.17. The van der Waals surface area contributed by atoms with E-state index >= 15 is 0 Å². The van der Waals surface area contributed by atoms with Crippen LogP contribution in [0.1, 0.15) is 64.7 Å². The predicted octanol–water partition coefficient (Wildman–Crippen LogP) is 7.27. The second-order valence-corrected chi connectivity index (χ2v) is 7.81. The zero-order valence-electron chi connectivity index (χ0n) is 16.3. The lowest BCUT2D eigenvalue weighted by molar-refractivity contribution is 0.294. The Morgan fingerprint density at radius 1 is 0.778 bits per heavy atom. The lowest BCUT2D eigenvalue weighted by atomic mass is 10.1. The van der Waals surface area contributed by atoms with Gasteiger partial charge in [0.25, 0.3) is 0 Å². The van der Waals surface area contributed by atoms with Crippen LogP contribution in [0, 0.1) is 0 Å². The van der Waals surface area contributed by atoms with Crippen LogP contribution in [0.2, 0.25) is 0 Å². The Labute approximate surface area is 166 Å². The second kappa shape index (κ2) is 11.0. The highest BCUT2D eigenvalue weighted by atomic mass is 32.1. The van der Waals surface area contributed by atoms with E-state index < -0.39 is 0 Å². The van der Waals surface area contributed by atoms with E-state index in [0.717, 1.165) is 28.7 Å². The van der Waals surface area contributed by atoms with Crippen molar-refractivity contribution in [3.8, 4) is 17.1 Å². The number of hydrogen-bond acceptors (Lipinski definition) is 4. The molecule has 2 aromatic heterocycles. The minimum atomic E-state index is 0.659. The summed E-state index contributed by atoms with van der Waals surface area (Å²) in [7, 11) is 0. The van der Waals surface area contributed by atoms with Crippen molar-refractivity contribution in [1.82, 2.24) is 9.97 Å². The fraction of sp³-hybridized carbons (Fsp3) is 0.478. The topological polar surface area (TPSA) is 35.0 Å². The minimum absolute atomic E-state index is 0.659. The normalized spacial score (nSPS) is 11.1. The smallest absolute Gasteiger partial charge is 0.241 e. The van der Waals surface area contributed by atoms with Crippen LogP contribution in [0.15, 0.2) is 41.1 Å². The molecule has 1 aromatic carbocycles. The Hall–Kier alpha value is -1.94. The molecule has 0 unspecified atom stereocenters. The Bertz CT molecular complexity index is 801. The molecule has 27 heavy (non-hydrogen) atoms. The van der Waals surface area contributed by atoms with Gasteiger partial charge in [-0.25, -0.2) is 9.97 Å². The molecular weight excluding hydrogens is 352 g/mol. The first-order chi connectivity index (χ1) is 13.4. The first-order valence-electron chi connectivity index (χ1n) is 10.3. The average molecular weight is 383 g/mol. The molecule has 0 aliphatic carbocycles. The first-order valence-corrected chi connectivity index (χ1v) is 11.2. The van der Waals surface area contributed by atoms with Crippen LogP contribution in [0.5, 0.6) is 5.88 Å². The minimum Gasteiger partial charge on any atom is -0.476 e. The van der Waals surface area contributed by atoms with Gasteiger partial charge in [0.15, 0.2) is 0 Å². The van der Waals surface area contributed by atoms with Crippen molar-refractivity contribution in [1.29, 1.82) is 0 Å². The molecule has 0 aliphatic rings. The number of ether oxygens (including phenoxy) is 1. The summed E-state index contributed by atoms with van der Waals surface area (Å²) in [5.41, 5.74) is 3.76. The van der Waals surface area contributed by atoms with Gasteiger partial charge in [0.1, 0.15) is 16.7 Å². The molecule has 0 amide bonds. The van der Waals surface area contributed by atoms with Crippen molar-refractivity contribution in [3.05, 3.63) is 41.1 Å². The molecule has 0 spiro atoms. The zero-order chi connectivity index (χ0) is 18.7. The molecule has 0 radical (unpaired) electrons. The molecule has 0 saturated heterocycles. The molecule has 2 heterocycles. The largest absolute Gasteiger partial charge is 0.476 e. The standard InChI is InChI=1S/C23H30N2OS/c1-2-3-4-5-6-7-8-9-13-16-26-23-22(19-14-11-10-12-15-19)24-20-17-27-18-21(20)25-23/h10-12,14-15,17-18H,2-9,13,16H2,1H3. The maximum absolute atomic E-state index is 6.06. The predicted molar refractivity (Wildman–Crippen MR) is 116 cm³/mol. The molecule has 3 aromatic rings. The number of benzene rings is 1. The van der Waals surface area contributed by atoms with Gasteiger partial charge >= 0.3 is 0 Å². The van der Waals surface area contributed by atoms with Crippen LogP contribution >= 0.6 is 11.3 Å². The number of fused-ring (bicyclic) bond motifs is 1. The summed E-state index contributed by atoms with van der Waals surface area (Å²) < 4.78 is 6.06. The van der Waals surface area contributed by atoms with Gasteiger partial charge in [-0.15, -0.1) is 11.3 Å². The third-order valence-electron chi connectivity index (χ3n) is 4.81. The Morgan fingerprint density at radius 3 is 2.11 bits per heavy atom. The Balaban J connectivity index is 1.49. The van der Waals surface area contributed by atoms with Crippen LogP contribution < -0.4 is 4.74 Å². The lowest BCUT2D eigenvalue weighted by Crippen LogP contribution is -2.02. The third kappa shape index (κ3) is 6.03. The molecule has 0 bridgehead atoms. The maximum atomic E-state index is 6.06. The van der Waals surface area contributed by atoms with Gasteiger partial charge in [0, 0.05) is 16.3 Å². The quantitative estimate of drug-likeness (QED) is 0.309. The third-order valence-corrected chi connectivity index (χ3v) is 5.53. The molecule has 0 fully saturated rings. The molecule has 3 rings (SSSR count). The van der Waals surface area contributed by atoms with Crippen molar-refractivity contribution in [3.63, 3.8) is 0 Å². The van der Waals surface area contributed by atoms with E-state index in [2.05, 4.69) is 19.1 Å². The van der Waals surface area contributed by atoms with Crippen molar-refractivity contribution in [2.75, 3.05) is 6.61 Å².